The van der Waals surface area contributed by atoms with Gasteiger partial charge in [-0.1, -0.05) is 41.4 Å². The maximum atomic E-state index is 13.3. The lowest BCUT2D eigenvalue weighted by molar-refractivity contribution is -0.149. The van der Waals surface area contributed by atoms with E-state index in [9.17, 15) is 14.7 Å². The average molecular weight is 634 g/mol. The van der Waals surface area contributed by atoms with Crippen molar-refractivity contribution in [2.45, 2.75) is 39.2 Å². The van der Waals surface area contributed by atoms with Crippen LogP contribution in [-0.4, -0.2) is 68.1 Å². The van der Waals surface area contributed by atoms with E-state index in [2.05, 4.69) is 5.32 Å². The number of hydrogen-bond acceptors (Lipinski definition) is 6. The summed E-state index contributed by atoms with van der Waals surface area (Å²) in [6.45, 7) is 5.52. The Labute approximate surface area is 262 Å². The summed E-state index contributed by atoms with van der Waals surface area (Å²) in [5, 5.41) is 13.3. The number of nitrogens with zero attached hydrogens (tertiary/aromatic N) is 1. The first-order valence-corrected chi connectivity index (χ1v) is 14.8. The molecule has 232 valence electrons. The minimum absolute atomic E-state index is 0.256. The minimum atomic E-state index is -0.996. The summed E-state index contributed by atoms with van der Waals surface area (Å²) in [5.41, 5.74) is 2.40. The molecule has 2 amide bonds. The SMILES string of the molecule is CCOC(Cc1ccc(OCCN(CCCCOc2cc(Cl)cc(Cl)c2)C(=O)Nc2cc(C)ccc2OC)cc1)C(=O)O. The number of benzene rings is 3. The number of carbonyl (C=O) groups is 2. The standard InChI is InChI=1S/C32H38Cl2N2O7/c1-4-41-30(31(37)38)18-23-8-10-26(11-9-23)43-16-14-36(32(39)35-28-17-22(2)7-12-29(28)40-3)13-5-6-15-42-27-20-24(33)19-25(34)21-27/h7-12,17,19-21,30H,4-6,13-16,18H2,1-3H3,(H,35,39)(H,37,38). The third-order valence-electron chi connectivity index (χ3n) is 6.43. The molecule has 0 bridgehead atoms. The largest absolute Gasteiger partial charge is 0.495 e. The number of amides is 2. The highest BCUT2D eigenvalue weighted by Crippen LogP contribution is 2.26. The summed E-state index contributed by atoms with van der Waals surface area (Å²) in [5.74, 6) is 0.776. The van der Waals surface area contributed by atoms with Gasteiger partial charge in [0.2, 0.25) is 0 Å². The van der Waals surface area contributed by atoms with E-state index in [1.165, 1.54) is 0 Å². The van der Waals surface area contributed by atoms with Crippen molar-refractivity contribution in [2.24, 2.45) is 0 Å². The zero-order valence-electron chi connectivity index (χ0n) is 24.6. The number of urea groups is 1. The lowest BCUT2D eigenvalue weighted by Gasteiger charge is -2.24. The zero-order valence-corrected chi connectivity index (χ0v) is 26.1. The Hall–Kier alpha value is -3.66. The lowest BCUT2D eigenvalue weighted by atomic mass is 10.1. The Morgan fingerprint density at radius 2 is 1.60 bits per heavy atom. The molecule has 9 nitrogen and oxygen atoms in total. The number of hydrogen-bond donors (Lipinski definition) is 2. The van der Waals surface area contributed by atoms with Gasteiger partial charge in [-0.05, 0) is 80.3 Å². The molecule has 0 spiro atoms. The molecule has 0 aliphatic heterocycles. The van der Waals surface area contributed by atoms with Crippen molar-refractivity contribution in [3.05, 3.63) is 81.8 Å². The molecule has 0 heterocycles. The van der Waals surface area contributed by atoms with Gasteiger partial charge >= 0.3 is 12.0 Å². The first-order chi connectivity index (χ1) is 20.7. The van der Waals surface area contributed by atoms with Crippen molar-refractivity contribution >= 4 is 40.9 Å². The second-order valence-corrected chi connectivity index (χ2v) is 10.6. The fraction of sp³-hybridized carbons (Fsp3) is 0.375. The van der Waals surface area contributed by atoms with E-state index < -0.39 is 12.1 Å². The fourth-order valence-corrected chi connectivity index (χ4v) is 4.77. The molecular weight excluding hydrogens is 595 g/mol. The Morgan fingerprint density at radius 3 is 2.26 bits per heavy atom. The van der Waals surface area contributed by atoms with Crippen molar-refractivity contribution in [3.63, 3.8) is 0 Å². The Bertz CT molecular complexity index is 1320. The number of ether oxygens (including phenoxy) is 4. The normalized spacial score (nSPS) is 11.5. The average Bonchev–Trinajstić information content (AvgIpc) is 2.96. The highest BCUT2D eigenvalue weighted by molar-refractivity contribution is 6.34. The van der Waals surface area contributed by atoms with E-state index in [1.807, 2.05) is 37.3 Å². The number of unbranched alkanes of at least 4 members (excludes halogenated alkanes) is 1. The number of carbonyl (C=O) groups excluding carboxylic acids is 1. The number of aryl methyl sites for hydroxylation is 1. The quantitative estimate of drug-likeness (QED) is 0.153. The molecule has 1 atom stereocenters. The minimum Gasteiger partial charge on any atom is -0.495 e. The number of carboxylic acids is 1. The van der Waals surface area contributed by atoms with Crippen LogP contribution in [-0.2, 0) is 16.0 Å². The third-order valence-corrected chi connectivity index (χ3v) is 6.87. The van der Waals surface area contributed by atoms with Crippen LogP contribution in [0.4, 0.5) is 10.5 Å². The van der Waals surface area contributed by atoms with Crippen LogP contribution in [0, 0.1) is 6.92 Å². The summed E-state index contributed by atoms with van der Waals surface area (Å²) in [6, 6.07) is 17.5. The van der Waals surface area contributed by atoms with Gasteiger partial charge in [-0.15, -0.1) is 0 Å². The fourth-order valence-electron chi connectivity index (χ4n) is 4.26. The van der Waals surface area contributed by atoms with Gasteiger partial charge in [-0.3, -0.25) is 0 Å². The van der Waals surface area contributed by atoms with Crippen LogP contribution >= 0.6 is 23.2 Å². The first-order valence-electron chi connectivity index (χ1n) is 14.0. The van der Waals surface area contributed by atoms with Crippen LogP contribution in [0.25, 0.3) is 0 Å². The summed E-state index contributed by atoms with van der Waals surface area (Å²) >= 11 is 12.1. The van der Waals surface area contributed by atoms with E-state index in [0.29, 0.717) is 72.1 Å². The van der Waals surface area contributed by atoms with E-state index in [-0.39, 0.29) is 19.1 Å². The molecule has 43 heavy (non-hydrogen) atoms. The van der Waals surface area contributed by atoms with Crippen molar-refractivity contribution in [2.75, 3.05) is 45.3 Å². The predicted molar refractivity (Wildman–Crippen MR) is 168 cm³/mol. The third kappa shape index (κ3) is 11.5. The molecule has 0 aliphatic carbocycles. The zero-order chi connectivity index (χ0) is 31.2. The van der Waals surface area contributed by atoms with Gasteiger partial charge in [0, 0.05) is 29.6 Å². The van der Waals surface area contributed by atoms with Gasteiger partial charge in [0.15, 0.2) is 6.10 Å². The van der Waals surface area contributed by atoms with Crippen LogP contribution < -0.4 is 19.5 Å². The molecule has 3 rings (SSSR count). The Balaban J connectivity index is 1.58. The molecule has 0 aliphatic rings. The summed E-state index contributed by atoms with van der Waals surface area (Å²) in [4.78, 5) is 26.4. The predicted octanol–water partition coefficient (Wildman–Crippen LogP) is 7.11. The molecule has 3 aromatic rings. The van der Waals surface area contributed by atoms with Crippen molar-refractivity contribution in [1.29, 1.82) is 0 Å². The number of carboxylic acid groups (broad SMARTS) is 1. The van der Waals surface area contributed by atoms with Crippen LogP contribution in [0.15, 0.2) is 60.7 Å². The summed E-state index contributed by atoms with van der Waals surface area (Å²) in [6.07, 6.45) is 0.743. The topological polar surface area (TPSA) is 107 Å². The number of nitrogens with one attached hydrogen (secondary N) is 1. The molecule has 0 fully saturated rings. The highest BCUT2D eigenvalue weighted by Gasteiger charge is 2.18. The second-order valence-electron chi connectivity index (χ2n) is 9.76. The molecule has 0 saturated heterocycles. The highest BCUT2D eigenvalue weighted by atomic mass is 35.5. The van der Waals surface area contributed by atoms with Gasteiger partial charge in [0.1, 0.15) is 23.9 Å². The van der Waals surface area contributed by atoms with Crippen LogP contribution in [0.2, 0.25) is 10.0 Å². The van der Waals surface area contributed by atoms with Gasteiger partial charge in [-0.25, -0.2) is 9.59 Å². The molecule has 0 saturated carbocycles. The molecule has 3 aromatic carbocycles. The maximum absolute atomic E-state index is 13.3. The van der Waals surface area contributed by atoms with Crippen molar-refractivity contribution in [1.82, 2.24) is 4.90 Å². The first kappa shape index (κ1) is 33.8. The molecule has 0 radical (unpaired) electrons. The Morgan fingerprint density at radius 1 is 0.907 bits per heavy atom. The summed E-state index contributed by atoms with van der Waals surface area (Å²) < 4.78 is 22.4. The van der Waals surface area contributed by atoms with Gasteiger partial charge in [0.25, 0.3) is 0 Å². The lowest BCUT2D eigenvalue weighted by Crippen LogP contribution is -2.38. The van der Waals surface area contributed by atoms with Crippen LogP contribution in [0.5, 0.6) is 17.2 Å². The van der Waals surface area contributed by atoms with E-state index in [4.69, 9.17) is 42.1 Å². The number of halogens is 2. The van der Waals surface area contributed by atoms with E-state index >= 15 is 0 Å². The maximum Gasteiger partial charge on any atom is 0.333 e. The van der Waals surface area contributed by atoms with E-state index in [0.717, 1.165) is 11.1 Å². The van der Waals surface area contributed by atoms with Gasteiger partial charge in [-0.2, -0.15) is 0 Å². The van der Waals surface area contributed by atoms with Gasteiger partial charge < -0.3 is 34.3 Å². The number of methoxy groups -OCH3 is 1. The number of anilines is 1. The molecule has 2 N–H and O–H groups in total. The molecule has 1 unspecified atom stereocenters. The molecule has 11 heteroatoms. The number of rotatable bonds is 17. The van der Waals surface area contributed by atoms with E-state index in [1.54, 1.807) is 49.3 Å². The monoisotopic (exact) mass is 632 g/mol. The molecule has 0 aromatic heterocycles. The van der Waals surface area contributed by atoms with Crippen LogP contribution in [0.1, 0.15) is 30.9 Å². The summed E-state index contributed by atoms with van der Waals surface area (Å²) in [7, 11) is 1.56. The van der Waals surface area contributed by atoms with Crippen molar-refractivity contribution < 1.29 is 33.6 Å². The molecular formula is C32H38Cl2N2O7. The second kappa shape index (κ2) is 17.5. The van der Waals surface area contributed by atoms with Crippen molar-refractivity contribution in [3.8, 4) is 17.2 Å². The van der Waals surface area contributed by atoms with Gasteiger partial charge in [0.05, 0.1) is 25.9 Å². The van der Waals surface area contributed by atoms with Crippen LogP contribution in [0.3, 0.4) is 0 Å². The Kier molecular flexibility index (Phi) is 13.7. The smallest absolute Gasteiger partial charge is 0.333 e. The number of aliphatic carboxylic acids is 1.